The van der Waals surface area contributed by atoms with Crippen molar-refractivity contribution in [2.75, 3.05) is 44.2 Å². The number of carbonyl (C=O) groups is 1. The zero-order chi connectivity index (χ0) is 20.9. The van der Waals surface area contributed by atoms with E-state index in [9.17, 15) is 4.79 Å². The number of likely N-dealkylation sites (N-methyl/N-ethyl adjacent to an activating group) is 1. The van der Waals surface area contributed by atoms with E-state index in [1.165, 1.54) is 19.4 Å². The Labute approximate surface area is 183 Å². The van der Waals surface area contributed by atoms with Crippen molar-refractivity contribution in [3.63, 3.8) is 0 Å². The van der Waals surface area contributed by atoms with Gasteiger partial charge in [0.2, 0.25) is 0 Å². The van der Waals surface area contributed by atoms with E-state index in [0.717, 1.165) is 66.3 Å². The van der Waals surface area contributed by atoms with Gasteiger partial charge in [-0.25, -0.2) is 9.97 Å². The van der Waals surface area contributed by atoms with Gasteiger partial charge >= 0.3 is 0 Å². The Morgan fingerprint density at radius 1 is 1.23 bits per heavy atom. The Bertz CT molecular complexity index is 878. The highest BCUT2D eigenvalue weighted by Gasteiger charge is 2.22. The first-order valence-electron chi connectivity index (χ1n) is 11.0. The van der Waals surface area contributed by atoms with Gasteiger partial charge in [-0.15, -0.1) is 0 Å². The molecule has 2 aromatic rings. The lowest BCUT2D eigenvalue weighted by Crippen LogP contribution is -3.14. The van der Waals surface area contributed by atoms with Crippen LogP contribution in [0.2, 0.25) is 0 Å². The van der Waals surface area contributed by atoms with Gasteiger partial charge in [-0.1, -0.05) is 23.9 Å². The van der Waals surface area contributed by atoms with Gasteiger partial charge < -0.3 is 15.1 Å². The van der Waals surface area contributed by atoms with Crippen LogP contribution in [-0.4, -0.2) is 55.1 Å². The number of quaternary nitrogens is 1. The minimum atomic E-state index is 0.0243. The van der Waals surface area contributed by atoms with Crippen LogP contribution in [0.3, 0.4) is 0 Å². The molecule has 1 aromatic carbocycles. The van der Waals surface area contributed by atoms with Gasteiger partial charge in [-0.3, -0.25) is 4.79 Å². The number of aromatic nitrogens is 2. The van der Waals surface area contributed by atoms with Crippen LogP contribution in [0, 0.1) is 12.8 Å². The molecule has 4 rings (SSSR count). The number of amides is 1. The van der Waals surface area contributed by atoms with Gasteiger partial charge in [0.1, 0.15) is 5.82 Å². The van der Waals surface area contributed by atoms with E-state index in [4.69, 9.17) is 4.98 Å². The summed E-state index contributed by atoms with van der Waals surface area (Å²) < 4.78 is 0. The maximum Gasteiger partial charge on any atom is 0.251 e. The van der Waals surface area contributed by atoms with Gasteiger partial charge in [-0.2, -0.15) is 0 Å². The van der Waals surface area contributed by atoms with Crippen molar-refractivity contribution in [1.82, 2.24) is 15.3 Å². The fraction of sp³-hybridized carbons (Fsp3) is 0.522. The van der Waals surface area contributed by atoms with Crippen molar-refractivity contribution in [1.29, 1.82) is 0 Å². The number of carbonyl (C=O) groups excluding carboxylic acids is 1. The maximum atomic E-state index is 12.4. The van der Waals surface area contributed by atoms with Gasteiger partial charge in [0.25, 0.3) is 5.91 Å². The van der Waals surface area contributed by atoms with Crippen molar-refractivity contribution < 1.29 is 9.69 Å². The van der Waals surface area contributed by atoms with Gasteiger partial charge in [0.05, 0.1) is 32.7 Å². The molecule has 1 saturated heterocycles. The van der Waals surface area contributed by atoms with Crippen molar-refractivity contribution in [3.05, 3.63) is 47.2 Å². The topological polar surface area (TPSA) is 62.6 Å². The summed E-state index contributed by atoms with van der Waals surface area (Å²) in [4.78, 5) is 25.9. The molecular formula is C23H32N5OS+. The van der Waals surface area contributed by atoms with Crippen molar-refractivity contribution in [2.45, 2.75) is 37.6 Å². The summed E-state index contributed by atoms with van der Waals surface area (Å²) in [7, 11) is 0. The molecular weight excluding hydrogens is 394 g/mol. The summed E-state index contributed by atoms with van der Waals surface area (Å²) in [5, 5.41) is 3.85. The number of nitrogens with one attached hydrogen (secondary N) is 2. The summed E-state index contributed by atoms with van der Waals surface area (Å²) in [6.45, 7) is 10.7. The minimum Gasteiger partial charge on any atom is -0.352 e. The highest BCUT2D eigenvalue weighted by Crippen LogP contribution is 2.28. The number of thioether (sulfide) groups is 1. The van der Waals surface area contributed by atoms with E-state index in [-0.39, 0.29) is 5.91 Å². The standard InChI is InChI=1S/C23H31N5OS/c1-3-27-9-11-28(12-10-27)21-13-17(2)25-23(26-21)30-16-19-5-4-6-20(14-19)22(29)24-15-18-7-8-18/h4-6,13-14,18H,3,7-12,15-16H2,1-2H3,(H,24,29)/p+1. The first-order chi connectivity index (χ1) is 14.6. The molecule has 0 radical (unpaired) electrons. The molecule has 0 atom stereocenters. The number of nitrogens with zero attached hydrogens (tertiary/aromatic N) is 3. The molecule has 1 aliphatic heterocycles. The van der Waals surface area contributed by atoms with Gasteiger partial charge in [0, 0.05) is 29.6 Å². The van der Waals surface area contributed by atoms with Crippen LogP contribution in [0.5, 0.6) is 0 Å². The molecule has 1 aliphatic carbocycles. The number of piperazine rings is 1. The van der Waals surface area contributed by atoms with Crippen LogP contribution in [-0.2, 0) is 5.75 Å². The number of anilines is 1. The lowest BCUT2D eigenvalue weighted by atomic mass is 10.1. The van der Waals surface area contributed by atoms with Crippen LogP contribution in [0.15, 0.2) is 35.5 Å². The molecule has 7 heteroatoms. The first-order valence-corrected chi connectivity index (χ1v) is 12.0. The number of benzene rings is 1. The van der Waals surface area contributed by atoms with E-state index in [1.54, 1.807) is 16.7 Å². The Morgan fingerprint density at radius 3 is 2.77 bits per heavy atom. The molecule has 30 heavy (non-hydrogen) atoms. The first kappa shape index (κ1) is 21.1. The van der Waals surface area contributed by atoms with E-state index in [2.05, 4.69) is 34.3 Å². The minimum absolute atomic E-state index is 0.0243. The second-order valence-corrected chi connectivity index (χ2v) is 9.33. The Kier molecular flexibility index (Phi) is 6.89. The highest BCUT2D eigenvalue weighted by atomic mass is 32.2. The second kappa shape index (κ2) is 9.79. The highest BCUT2D eigenvalue weighted by molar-refractivity contribution is 7.98. The molecule has 2 fully saturated rings. The summed E-state index contributed by atoms with van der Waals surface area (Å²) in [6.07, 6.45) is 2.48. The number of aryl methyl sites for hydroxylation is 1. The molecule has 6 nitrogen and oxygen atoms in total. The smallest absolute Gasteiger partial charge is 0.251 e. The molecule has 160 valence electrons. The van der Waals surface area contributed by atoms with Crippen molar-refractivity contribution in [2.24, 2.45) is 5.92 Å². The average molecular weight is 427 g/mol. The van der Waals surface area contributed by atoms with E-state index in [1.807, 2.05) is 25.1 Å². The zero-order valence-corrected chi connectivity index (χ0v) is 18.8. The Balaban J connectivity index is 1.37. The van der Waals surface area contributed by atoms with Gasteiger partial charge in [0.15, 0.2) is 5.16 Å². The lowest BCUT2D eigenvalue weighted by Gasteiger charge is -2.32. The summed E-state index contributed by atoms with van der Waals surface area (Å²) in [5.41, 5.74) is 2.85. The Hall–Kier alpha value is -2.12. The number of hydrogen-bond acceptors (Lipinski definition) is 5. The van der Waals surface area contributed by atoms with Crippen LogP contribution >= 0.6 is 11.8 Å². The molecule has 2 N–H and O–H groups in total. The molecule has 2 heterocycles. The summed E-state index contributed by atoms with van der Waals surface area (Å²) in [6, 6.07) is 9.98. The van der Waals surface area contributed by atoms with E-state index < -0.39 is 0 Å². The molecule has 1 aromatic heterocycles. The second-order valence-electron chi connectivity index (χ2n) is 8.38. The van der Waals surface area contributed by atoms with Gasteiger partial charge in [-0.05, 0) is 50.3 Å². The normalized spacial score (nSPS) is 17.2. The fourth-order valence-corrected chi connectivity index (χ4v) is 4.61. The third-order valence-electron chi connectivity index (χ3n) is 5.92. The predicted octanol–water partition coefficient (Wildman–Crippen LogP) is 1.94. The third-order valence-corrected chi connectivity index (χ3v) is 6.84. The molecule has 0 spiro atoms. The molecule has 0 unspecified atom stereocenters. The summed E-state index contributed by atoms with van der Waals surface area (Å²) >= 11 is 1.63. The molecule has 0 bridgehead atoms. The van der Waals surface area contributed by atoms with E-state index >= 15 is 0 Å². The molecule has 1 saturated carbocycles. The average Bonchev–Trinajstić information content (AvgIpc) is 3.60. The van der Waals surface area contributed by atoms with Crippen LogP contribution < -0.4 is 15.1 Å². The maximum absolute atomic E-state index is 12.4. The summed E-state index contributed by atoms with van der Waals surface area (Å²) in [5.74, 6) is 2.50. The lowest BCUT2D eigenvalue weighted by molar-refractivity contribution is -0.898. The van der Waals surface area contributed by atoms with Crippen LogP contribution in [0.25, 0.3) is 0 Å². The van der Waals surface area contributed by atoms with Crippen molar-refractivity contribution in [3.8, 4) is 0 Å². The Morgan fingerprint density at radius 2 is 2.03 bits per heavy atom. The number of hydrogen-bond donors (Lipinski definition) is 2. The quantitative estimate of drug-likeness (QED) is 0.499. The predicted molar refractivity (Wildman–Crippen MR) is 121 cm³/mol. The fourth-order valence-electron chi connectivity index (χ4n) is 3.77. The van der Waals surface area contributed by atoms with Crippen LogP contribution in [0.1, 0.15) is 41.4 Å². The van der Waals surface area contributed by atoms with E-state index in [0.29, 0.717) is 5.92 Å². The third kappa shape index (κ3) is 5.73. The van der Waals surface area contributed by atoms with Crippen LogP contribution in [0.4, 0.5) is 5.82 Å². The molecule has 2 aliphatic rings. The largest absolute Gasteiger partial charge is 0.352 e. The van der Waals surface area contributed by atoms with Crippen molar-refractivity contribution >= 4 is 23.5 Å². The zero-order valence-electron chi connectivity index (χ0n) is 18.0. The monoisotopic (exact) mass is 426 g/mol. The molecule has 1 amide bonds. The number of rotatable bonds is 8. The SMILES string of the molecule is CC[NH+]1CCN(c2cc(C)nc(SCc3cccc(C(=O)NCC4CC4)c3)n2)CC1.